The molecule has 0 saturated heterocycles. The molecule has 0 aliphatic heterocycles. The fourth-order valence-corrected chi connectivity index (χ4v) is 2.73. The highest BCUT2D eigenvalue weighted by molar-refractivity contribution is 6.30. The summed E-state index contributed by atoms with van der Waals surface area (Å²) in [5, 5.41) is 4.63. The summed E-state index contributed by atoms with van der Waals surface area (Å²) >= 11 is 5.84. The van der Waals surface area contributed by atoms with Gasteiger partial charge in [0.25, 0.3) is 0 Å². The van der Waals surface area contributed by atoms with Gasteiger partial charge in [0.05, 0.1) is 20.3 Å². The Balaban J connectivity index is 1.44. The van der Waals surface area contributed by atoms with Crippen LogP contribution in [0, 0.1) is 0 Å². The topological polar surface area (TPSA) is 77.7 Å². The molecular weight excluding hydrogens is 394 g/mol. The van der Waals surface area contributed by atoms with Gasteiger partial charge < -0.3 is 18.9 Å². The lowest BCUT2D eigenvalue weighted by atomic mass is 10.2. The minimum absolute atomic E-state index is 0.0195. The monoisotopic (exact) mass is 415 g/mol. The summed E-state index contributed by atoms with van der Waals surface area (Å²) in [4.78, 5) is 18.2. The molecule has 0 spiro atoms. The highest BCUT2D eigenvalue weighted by atomic mass is 35.5. The zero-order valence-electron chi connectivity index (χ0n) is 16.3. The number of carbonyl (C=O) groups is 1. The van der Waals surface area contributed by atoms with E-state index in [-0.39, 0.29) is 12.5 Å². The number of ether oxygens (including phenoxy) is 2. The Bertz CT molecular complexity index is 926. The van der Waals surface area contributed by atoms with Crippen LogP contribution in [0.5, 0.6) is 11.5 Å². The summed E-state index contributed by atoms with van der Waals surface area (Å²) in [6, 6.07) is 14.5. The highest BCUT2D eigenvalue weighted by Gasteiger charge is 2.14. The Hall–Kier alpha value is -3.06. The normalized spacial score (nSPS) is 10.6. The van der Waals surface area contributed by atoms with Gasteiger partial charge in [-0.25, -0.2) is 0 Å². The van der Waals surface area contributed by atoms with Gasteiger partial charge in [0, 0.05) is 24.1 Å². The van der Waals surface area contributed by atoms with Gasteiger partial charge in [0.15, 0.2) is 0 Å². The first-order chi connectivity index (χ1) is 14.0. The first-order valence-electron chi connectivity index (χ1n) is 9.14. The van der Waals surface area contributed by atoms with E-state index in [0.717, 1.165) is 17.1 Å². The van der Waals surface area contributed by atoms with Gasteiger partial charge in [-0.1, -0.05) is 16.8 Å². The Morgan fingerprint density at radius 2 is 1.79 bits per heavy atom. The van der Waals surface area contributed by atoms with Crippen LogP contribution >= 0.6 is 11.6 Å². The molecule has 0 unspecified atom stereocenters. The summed E-state index contributed by atoms with van der Waals surface area (Å²) < 4.78 is 16.0. The van der Waals surface area contributed by atoms with Crippen LogP contribution in [0.3, 0.4) is 0 Å². The van der Waals surface area contributed by atoms with Gasteiger partial charge in [-0.3, -0.25) is 4.79 Å². The molecule has 0 aliphatic carbocycles. The van der Waals surface area contributed by atoms with Gasteiger partial charge in [-0.05, 0) is 55.0 Å². The largest absolute Gasteiger partial charge is 0.497 e. The quantitative estimate of drug-likeness (QED) is 0.487. The van der Waals surface area contributed by atoms with Crippen LogP contribution in [0.15, 0.2) is 53.1 Å². The molecule has 0 atom stereocenters. The van der Waals surface area contributed by atoms with Crippen LogP contribution in [0.1, 0.15) is 18.7 Å². The number of nitrogens with zero attached hydrogens (tertiary/aromatic N) is 3. The van der Waals surface area contributed by atoms with Crippen molar-refractivity contribution in [2.75, 3.05) is 20.8 Å². The van der Waals surface area contributed by atoms with Crippen LogP contribution < -0.4 is 9.47 Å². The summed E-state index contributed by atoms with van der Waals surface area (Å²) in [6.07, 6.45) is 0.969. The van der Waals surface area contributed by atoms with E-state index in [1.165, 1.54) is 0 Å². The minimum atomic E-state index is -0.0195. The van der Waals surface area contributed by atoms with Crippen molar-refractivity contribution in [3.63, 3.8) is 0 Å². The average Bonchev–Trinajstić information content (AvgIpc) is 3.20. The molecule has 3 aromatic rings. The lowest BCUT2D eigenvalue weighted by molar-refractivity contribution is -0.131. The predicted molar refractivity (Wildman–Crippen MR) is 109 cm³/mol. The highest BCUT2D eigenvalue weighted by Crippen LogP contribution is 2.20. The zero-order chi connectivity index (χ0) is 20.6. The number of aromatic nitrogens is 2. The van der Waals surface area contributed by atoms with Crippen molar-refractivity contribution in [1.82, 2.24) is 15.0 Å². The standard InChI is InChI=1S/C21H22ClN3O4/c1-25(20(26)4-3-13-28-18-11-7-16(22)8-12-18)14-19-23-21(24-29-19)15-5-9-17(27-2)10-6-15/h5-12H,3-4,13-14H2,1-2H3. The van der Waals surface area contributed by atoms with Crippen molar-refractivity contribution in [2.45, 2.75) is 19.4 Å². The molecule has 0 fully saturated rings. The van der Waals surface area contributed by atoms with Crippen molar-refractivity contribution in [3.8, 4) is 22.9 Å². The Kier molecular flexibility index (Phi) is 7.08. The second kappa shape index (κ2) is 9.93. The molecule has 0 saturated carbocycles. The molecule has 1 heterocycles. The fraction of sp³-hybridized carbons (Fsp3) is 0.286. The van der Waals surface area contributed by atoms with E-state index in [0.29, 0.717) is 36.2 Å². The maximum Gasteiger partial charge on any atom is 0.246 e. The van der Waals surface area contributed by atoms with Gasteiger partial charge >= 0.3 is 0 Å². The van der Waals surface area contributed by atoms with Crippen LogP contribution in [-0.2, 0) is 11.3 Å². The number of hydrogen-bond donors (Lipinski definition) is 0. The number of hydrogen-bond acceptors (Lipinski definition) is 6. The van der Waals surface area contributed by atoms with Crippen molar-refractivity contribution in [3.05, 3.63) is 59.4 Å². The second-order valence-corrected chi connectivity index (χ2v) is 6.83. The number of halogens is 1. The zero-order valence-corrected chi connectivity index (χ0v) is 17.1. The molecule has 2 aromatic carbocycles. The smallest absolute Gasteiger partial charge is 0.246 e. The molecule has 29 heavy (non-hydrogen) atoms. The van der Waals surface area contributed by atoms with Gasteiger partial charge in [-0.2, -0.15) is 4.98 Å². The number of rotatable bonds is 9. The number of amides is 1. The maximum atomic E-state index is 12.3. The molecule has 0 radical (unpaired) electrons. The molecular formula is C21H22ClN3O4. The summed E-state index contributed by atoms with van der Waals surface area (Å²) in [5.74, 6) is 2.31. The Morgan fingerprint density at radius 1 is 1.10 bits per heavy atom. The first kappa shape index (κ1) is 20.7. The molecule has 152 valence electrons. The SMILES string of the molecule is COc1ccc(-c2noc(CN(C)C(=O)CCCOc3ccc(Cl)cc3)n2)cc1. The molecule has 0 bridgehead atoms. The molecule has 7 nitrogen and oxygen atoms in total. The fourth-order valence-electron chi connectivity index (χ4n) is 2.60. The number of benzene rings is 2. The van der Waals surface area contributed by atoms with Gasteiger partial charge in [0.1, 0.15) is 11.5 Å². The van der Waals surface area contributed by atoms with Crippen molar-refractivity contribution in [1.29, 1.82) is 0 Å². The summed E-state index contributed by atoms with van der Waals surface area (Å²) in [5.41, 5.74) is 0.814. The molecule has 0 aliphatic rings. The lowest BCUT2D eigenvalue weighted by Crippen LogP contribution is -2.26. The Morgan fingerprint density at radius 3 is 2.48 bits per heavy atom. The first-order valence-corrected chi connectivity index (χ1v) is 9.52. The van der Waals surface area contributed by atoms with Gasteiger partial charge in [0.2, 0.25) is 17.6 Å². The molecule has 3 rings (SSSR count). The van der Waals surface area contributed by atoms with Crippen LogP contribution in [0.25, 0.3) is 11.4 Å². The Labute approximate surface area is 174 Å². The van der Waals surface area contributed by atoms with E-state index in [1.807, 2.05) is 24.3 Å². The van der Waals surface area contributed by atoms with Crippen molar-refractivity contribution < 1.29 is 18.8 Å². The second-order valence-electron chi connectivity index (χ2n) is 6.40. The predicted octanol–water partition coefficient (Wildman–Crippen LogP) is 4.22. The lowest BCUT2D eigenvalue weighted by Gasteiger charge is -2.14. The molecule has 0 N–H and O–H groups in total. The molecule has 1 amide bonds. The third-order valence-corrected chi connectivity index (χ3v) is 4.48. The maximum absolute atomic E-state index is 12.3. The molecule has 8 heteroatoms. The van der Waals surface area contributed by atoms with Crippen LogP contribution in [-0.4, -0.2) is 41.7 Å². The average molecular weight is 416 g/mol. The van der Waals surface area contributed by atoms with Crippen molar-refractivity contribution >= 4 is 17.5 Å². The third kappa shape index (κ3) is 5.96. The van der Waals surface area contributed by atoms with Crippen molar-refractivity contribution in [2.24, 2.45) is 0 Å². The van der Waals surface area contributed by atoms with E-state index in [2.05, 4.69) is 10.1 Å². The number of carbonyl (C=O) groups excluding carboxylic acids is 1. The number of methoxy groups -OCH3 is 1. The summed E-state index contributed by atoms with van der Waals surface area (Å²) in [6.45, 7) is 0.698. The third-order valence-electron chi connectivity index (χ3n) is 4.23. The van der Waals surface area contributed by atoms with E-state index < -0.39 is 0 Å². The molecule has 1 aromatic heterocycles. The van der Waals surface area contributed by atoms with E-state index >= 15 is 0 Å². The van der Waals surface area contributed by atoms with Gasteiger partial charge in [-0.15, -0.1) is 0 Å². The van der Waals surface area contributed by atoms with Crippen LogP contribution in [0.4, 0.5) is 0 Å². The van der Waals surface area contributed by atoms with E-state index in [9.17, 15) is 4.79 Å². The van der Waals surface area contributed by atoms with E-state index in [1.54, 1.807) is 43.3 Å². The minimum Gasteiger partial charge on any atom is -0.497 e. The summed E-state index contributed by atoms with van der Waals surface area (Å²) in [7, 11) is 3.32. The van der Waals surface area contributed by atoms with Crippen LogP contribution in [0.2, 0.25) is 5.02 Å². The van der Waals surface area contributed by atoms with E-state index in [4.69, 9.17) is 25.6 Å².